The van der Waals surface area contributed by atoms with Crippen LogP contribution in [-0.2, 0) is 0 Å². The number of aromatic amines is 2. The van der Waals surface area contributed by atoms with E-state index in [0.29, 0.717) is 24.5 Å². The second-order valence-electron chi connectivity index (χ2n) is 3.45. The molecule has 0 radical (unpaired) electrons. The summed E-state index contributed by atoms with van der Waals surface area (Å²) in [7, 11) is 0. The Balaban J connectivity index is 1.67. The smallest absolute Gasteiger partial charge is 0.269 e. The molecule has 18 heavy (non-hydrogen) atoms. The van der Waals surface area contributed by atoms with Crippen LogP contribution in [-0.4, -0.2) is 45.3 Å². The number of carbonyl (C=O) groups is 2. The van der Waals surface area contributed by atoms with Gasteiger partial charge in [-0.25, -0.2) is 0 Å². The van der Waals surface area contributed by atoms with Crippen LogP contribution in [0.1, 0.15) is 21.0 Å². The van der Waals surface area contributed by atoms with Crippen molar-refractivity contribution in [2.24, 2.45) is 0 Å². The van der Waals surface area contributed by atoms with Gasteiger partial charge in [0.25, 0.3) is 11.8 Å². The lowest BCUT2D eigenvalue weighted by molar-refractivity contribution is 0.0922. The van der Waals surface area contributed by atoms with Gasteiger partial charge < -0.3 is 10.6 Å². The summed E-state index contributed by atoms with van der Waals surface area (Å²) in [6.07, 6.45) is 2.99. The zero-order valence-electron chi connectivity index (χ0n) is 9.43. The summed E-state index contributed by atoms with van der Waals surface area (Å²) in [5, 5.41) is 17.7. The van der Waals surface area contributed by atoms with Crippen molar-refractivity contribution in [3.63, 3.8) is 0 Å². The summed E-state index contributed by atoms with van der Waals surface area (Å²) in [5.74, 6) is -0.522. The summed E-state index contributed by atoms with van der Waals surface area (Å²) in [4.78, 5) is 22.9. The Morgan fingerprint density at radius 1 is 0.944 bits per heavy atom. The van der Waals surface area contributed by atoms with Crippen molar-refractivity contribution < 1.29 is 9.59 Å². The number of H-pyrrole nitrogens is 2. The predicted molar refractivity (Wildman–Crippen MR) is 61.8 cm³/mol. The molecule has 0 saturated carbocycles. The maximum Gasteiger partial charge on any atom is 0.269 e. The van der Waals surface area contributed by atoms with Crippen molar-refractivity contribution >= 4 is 11.8 Å². The molecule has 0 aromatic carbocycles. The fourth-order valence-corrected chi connectivity index (χ4v) is 1.31. The first kappa shape index (κ1) is 11.8. The third kappa shape index (κ3) is 2.94. The molecule has 0 fully saturated rings. The number of nitrogens with one attached hydrogen (secondary N) is 4. The molecule has 2 aromatic heterocycles. The van der Waals surface area contributed by atoms with Gasteiger partial charge in [0.2, 0.25) is 0 Å². The number of amides is 2. The molecule has 0 aliphatic rings. The Bertz CT molecular complexity index is 456. The molecule has 2 heterocycles. The van der Waals surface area contributed by atoms with E-state index in [1.807, 2.05) is 0 Å². The molecule has 8 nitrogen and oxygen atoms in total. The second kappa shape index (κ2) is 5.62. The van der Waals surface area contributed by atoms with Crippen LogP contribution in [0, 0.1) is 0 Å². The molecule has 0 unspecified atom stereocenters. The molecule has 2 aromatic rings. The zero-order valence-corrected chi connectivity index (χ0v) is 9.43. The summed E-state index contributed by atoms with van der Waals surface area (Å²) in [6.45, 7) is 0.662. The Hall–Kier alpha value is -2.64. The van der Waals surface area contributed by atoms with Crippen LogP contribution in [0.5, 0.6) is 0 Å². The first-order valence-electron chi connectivity index (χ1n) is 5.32. The maximum atomic E-state index is 11.5. The van der Waals surface area contributed by atoms with Gasteiger partial charge >= 0.3 is 0 Å². The molecule has 0 spiro atoms. The minimum atomic E-state index is -0.261. The fourth-order valence-electron chi connectivity index (χ4n) is 1.31. The van der Waals surface area contributed by atoms with Crippen molar-refractivity contribution in [1.82, 2.24) is 31.0 Å². The van der Waals surface area contributed by atoms with Crippen LogP contribution >= 0.6 is 0 Å². The van der Waals surface area contributed by atoms with Crippen molar-refractivity contribution in [3.8, 4) is 0 Å². The molecule has 2 amide bonds. The Labute approximate surface area is 102 Å². The lowest BCUT2D eigenvalue weighted by Crippen LogP contribution is -2.35. The quantitative estimate of drug-likeness (QED) is 0.523. The number of carbonyl (C=O) groups excluding carboxylic acids is 2. The number of nitrogens with zero attached hydrogens (tertiary/aromatic N) is 2. The van der Waals surface area contributed by atoms with Crippen LogP contribution in [0.25, 0.3) is 0 Å². The molecule has 4 N–H and O–H groups in total. The first-order valence-corrected chi connectivity index (χ1v) is 5.32. The van der Waals surface area contributed by atoms with Gasteiger partial charge in [-0.05, 0) is 12.1 Å². The van der Waals surface area contributed by atoms with E-state index in [2.05, 4.69) is 31.0 Å². The van der Waals surface area contributed by atoms with Crippen LogP contribution in [0.4, 0.5) is 0 Å². The third-order valence-electron chi connectivity index (χ3n) is 2.19. The highest BCUT2D eigenvalue weighted by molar-refractivity contribution is 5.93. The summed E-state index contributed by atoms with van der Waals surface area (Å²) in [5.41, 5.74) is 0.768. The van der Waals surface area contributed by atoms with E-state index in [0.717, 1.165) is 0 Å². The number of rotatable bonds is 5. The van der Waals surface area contributed by atoms with E-state index in [4.69, 9.17) is 0 Å². The number of hydrogen-bond donors (Lipinski definition) is 4. The van der Waals surface area contributed by atoms with Gasteiger partial charge in [0, 0.05) is 25.5 Å². The highest BCUT2D eigenvalue weighted by Crippen LogP contribution is 1.91. The molecule has 0 atom stereocenters. The van der Waals surface area contributed by atoms with Crippen LogP contribution in [0.2, 0.25) is 0 Å². The van der Waals surface area contributed by atoms with Crippen molar-refractivity contribution in [2.75, 3.05) is 13.1 Å². The first-order chi connectivity index (χ1) is 8.77. The molecule has 2 rings (SSSR count). The topological polar surface area (TPSA) is 116 Å². The zero-order chi connectivity index (χ0) is 12.8. The maximum absolute atomic E-state index is 11.5. The fraction of sp³-hybridized carbons (Fsp3) is 0.200. The molecular formula is C10H12N6O2. The molecule has 94 valence electrons. The summed E-state index contributed by atoms with van der Waals surface area (Å²) < 4.78 is 0. The van der Waals surface area contributed by atoms with E-state index in [9.17, 15) is 9.59 Å². The Morgan fingerprint density at radius 2 is 1.39 bits per heavy atom. The Kier molecular flexibility index (Phi) is 3.69. The van der Waals surface area contributed by atoms with Gasteiger partial charge in [-0.1, -0.05) is 0 Å². The molecular weight excluding hydrogens is 236 g/mol. The van der Waals surface area contributed by atoms with Gasteiger partial charge in [-0.15, -0.1) is 0 Å². The van der Waals surface area contributed by atoms with E-state index in [-0.39, 0.29) is 11.8 Å². The molecule has 8 heteroatoms. The highest BCUT2D eigenvalue weighted by Gasteiger charge is 2.07. The average molecular weight is 248 g/mol. The molecule has 0 bridgehead atoms. The second-order valence-corrected chi connectivity index (χ2v) is 3.45. The van der Waals surface area contributed by atoms with Crippen LogP contribution in [0.3, 0.4) is 0 Å². The van der Waals surface area contributed by atoms with Gasteiger partial charge in [0.15, 0.2) is 0 Å². The van der Waals surface area contributed by atoms with Crippen molar-refractivity contribution in [1.29, 1.82) is 0 Å². The largest absolute Gasteiger partial charge is 0.349 e. The summed E-state index contributed by atoms with van der Waals surface area (Å²) >= 11 is 0. The number of hydrogen-bond acceptors (Lipinski definition) is 4. The van der Waals surface area contributed by atoms with Gasteiger partial charge in [0.1, 0.15) is 11.4 Å². The SMILES string of the molecule is O=C(NCCNC(=O)c1ccn[nH]1)c1ccn[nH]1. The highest BCUT2D eigenvalue weighted by atomic mass is 16.2. The van der Waals surface area contributed by atoms with Gasteiger partial charge in [-0.3, -0.25) is 19.8 Å². The van der Waals surface area contributed by atoms with E-state index in [1.54, 1.807) is 12.1 Å². The average Bonchev–Trinajstić information content (AvgIpc) is 3.05. The van der Waals surface area contributed by atoms with E-state index >= 15 is 0 Å². The van der Waals surface area contributed by atoms with Crippen LogP contribution < -0.4 is 10.6 Å². The Morgan fingerprint density at radius 3 is 1.72 bits per heavy atom. The standard InChI is InChI=1S/C10H12N6O2/c17-9(7-1-3-13-15-7)11-5-6-12-10(18)8-2-4-14-16-8/h1-4H,5-6H2,(H,11,17)(H,12,18)(H,13,15)(H,14,16). The van der Waals surface area contributed by atoms with Crippen LogP contribution in [0.15, 0.2) is 24.5 Å². The van der Waals surface area contributed by atoms with E-state index in [1.165, 1.54) is 12.4 Å². The van der Waals surface area contributed by atoms with Crippen molar-refractivity contribution in [2.45, 2.75) is 0 Å². The van der Waals surface area contributed by atoms with Crippen molar-refractivity contribution in [3.05, 3.63) is 35.9 Å². The van der Waals surface area contributed by atoms with Gasteiger partial charge in [-0.2, -0.15) is 10.2 Å². The lowest BCUT2D eigenvalue weighted by Gasteiger charge is -2.04. The summed E-state index contributed by atoms with van der Waals surface area (Å²) in [6, 6.07) is 3.14. The normalized spacial score (nSPS) is 10.0. The van der Waals surface area contributed by atoms with Gasteiger partial charge in [0.05, 0.1) is 0 Å². The minimum Gasteiger partial charge on any atom is -0.349 e. The lowest BCUT2D eigenvalue weighted by atomic mass is 10.4. The predicted octanol–water partition coefficient (Wildman–Crippen LogP) is -0.707. The minimum absolute atomic E-state index is 0.261. The molecule has 0 aliphatic carbocycles. The monoisotopic (exact) mass is 248 g/mol. The molecule has 0 saturated heterocycles. The molecule has 0 aliphatic heterocycles. The van der Waals surface area contributed by atoms with E-state index < -0.39 is 0 Å². The third-order valence-corrected chi connectivity index (χ3v) is 2.19. The number of aromatic nitrogens is 4.